The van der Waals surface area contributed by atoms with Crippen molar-refractivity contribution in [2.45, 2.75) is 13.3 Å². The molecule has 0 aliphatic rings. The molecule has 0 fully saturated rings. The molecular formula is C14H23N3O3. The smallest absolute Gasteiger partial charge is 0.225 e. The van der Waals surface area contributed by atoms with Crippen LogP contribution in [0.4, 0.5) is 11.4 Å². The molecule has 1 aromatic rings. The van der Waals surface area contributed by atoms with E-state index in [1.54, 1.807) is 25.3 Å². The van der Waals surface area contributed by atoms with E-state index in [4.69, 9.17) is 15.6 Å². The Kier molecular flexibility index (Phi) is 6.83. The van der Waals surface area contributed by atoms with Crippen LogP contribution in [0.15, 0.2) is 18.2 Å². The summed E-state index contributed by atoms with van der Waals surface area (Å²) >= 11 is 0. The Balaban J connectivity index is 2.55. The highest BCUT2D eigenvalue weighted by Crippen LogP contribution is 2.26. The van der Waals surface area contributed by atoms with Crippen molar-refractivity contribution in [3.63, 3.8) is 0 Å². The zero-order valence-corrected chi connectivity index (χ0v) is 12.1. The molecule has 0 spiro atoms. The van der Waals surface area contributed by atoms with Crippen molar-refractivity contribution < 1.29 is 14.6 Å². The molecule has 0 saturated heterocycles. The van der Waals surface area contributed by atoms with E-state index in [0.717, 1.165) is 6.54 Å². The van der Waals surface area contributed by atoms with Crippen LogP contribution in [0.25, 0.3) is 0 Å². The van der Waals surface area contributed by atoms with E-state index >= 15 is 0 Å². The van der Waals surface area contributed by atoms with Gasteiger partial charge in [-0.2, -0.15) is 0 Å². The van der Waals surface area contributed by atoms with Gasteiger partial charge in [-0.05, 0) is 24.7 Å². The summed E-state index contributed by atoms with van der Waals surface area (Å²) in [4.78, 5) is 13.9. The highest BCUT2D eigenvalue weighted by atomic mass is 16.5. The highest BCUT2D eigenvalue weighted by Gasteiger charge is 2.10. The monoisotopic (exact) mass is 281 g/mol. The summed E-state index contributed by atoms with van der Waals surface area (Å²) in [6, 6.07) is 5.10. The normalized spacial score (nSPS) is 10.6. The van der Waals surface area contributed by atoms with E-state index < -0.39 is 0 Å². The van der Waals surface area contributed by atoms with Crippen LogP contribution < -0.4 is 15.8 Å². The number of benzene rings is 1. The van der Waals surface area contributed by atoms with E-state index in [9.17, 15) is 4.79 Å². The molecule has 1 amide bonds. The van der Waals surface area contributed by atoms with E-state index in [2.05, 4.69) is 5.32 Å². The number of nitrogens with one attached hydrogen (secondary N) is 1. The third-order valence-corrected chi connectivity index (χ3v) is 3.02. The number of anilines is 2. The maximum Gasteiger partial charge on any atom is 0.225 e. The first kappa shape index (κ1) is 16.3. The number of rotatable bonds is 8. The number of aliphatic hydroxyl groups excluding tert-OH is 1. The van der Waals surface area contributed by atoms with E-state index in [0.29, 0.717) is 36.6 Å². The molecule has 0 aliphatic carbocycles. The fourth-order valence-electron chi connectivity index (χ4n) is 1.87. The van der Waals surface area contributed by atoms with Crippen molar-refractivity contribution in [2.75, 3.05) is 44.4 Å². The zero-order valence-electron chi connectivity index (χ0n) is 12.1. The fourth-order valence-corrected chi connectivity index (χ4v) is 1.87. The number of nitrogens with zero attached hydrogens (tertiary/aromatic N) is 1. The summed E-state index contributed by atoms with van der Waals surface area (Å²) in [5.74, 6) is 0.473. The topological polar surface area (TPSA) is 87.8 Å². The number of carbonyl (C=O) groups excluding carboxylic acids is 1. The SMILES string of the molecule is CCN(CCO)CCC(=O)Nc1cc(N)ccc1OC. The van der Waals surface area contributed by atoms with Crippen molar-refractivity contribution in [2.24, 2.45) is 0 Å². The van der Waals surface area contributed by atoms with E-state index in [-0.39, 0.29) is 12.5 Å². The molecule has 0 aromatic heterocycles. The quantitative estimate of drug-likeness (QED) is 0.617. The first-order chi connectivity index (χ1) is 9.60. The van der Waals surface area contributed by atoms with Crippen LogP contribution in [0.5, 0.6) is 5.75 Å². The number of nitrogen functional groups attached to an aromatic ring is 1. The maximum atomic E-state index is 11.9. The van der Waals surface area contributed by atoms with Crippen molar-refractivity contribution >= 4 is 17.3 Å². The number of methoxy groups -OCH3 is 1. The second-order valence-electron chi connectivity index (χ2n) is 4.42. The third-order valence-electron chi connectivity index (χ3n) is 3.02. The van der Waals surface area contributed by atoms with Crippen LogP contribution >= 0.6 is 0 Å². The van der Waals surface area contributed by atoms with Gasteiger partial charge in [-0.15, -0.1) is 0 Å². The van der Waals surface area contributed by atoms with Crippen molar-refractivity contribution in [3.05, 3.63) is 18.2 Å². The first-order valence-corrected chi connectivity index (χ1v) is 6.67. The van der Waals surface area contributed by atoms with Gasteiger partial charge in [-0.3, -0.25) is 4.79 Å². The second kappa shape index (κ2) is 8.39. The van der Waals surface area contributed by atoms with Gasteiger partial charge in [0, 0.05) is 25.2 Å². The van der Waals surface area contributed by atoms with Crippen molar-refractivity contribution in [1.29, 1.82) is 0 Å². The lowest BCUT2D eigenvalue weighted by Gasteiger charge is -2.18. The molecule has 0 unspecified atom stereocenters. The summed E-state index contributed by atoms with van der Waals surface area (Å²) in [6.45, 7) is 4.07. The number of ether oxygens (including phenoxy) is 1. The Bertz CT molecular complexity index is 438. The molecule has 4 N–H and O–H groups in total. The number of likely N-dealkylation sites (N-methyl/N-ethyl adjacent to an activating group) is 1. The molecule has 6 heteroatoms. The second-order valence-corrected chi connectivity index (χ2v) is 4.42. The molecule has 0 heterocycles. The maximum absolute atomic E-state index is 11.9. The van der Waals surface area contributed by atoms with Gasteiger partial charge in [0.05, 0.1) is 19.4 Å². The van der Waals surface area contributed by atoms with Gasteiger partial charge in [0.2, 0.25) is 5.91 Å². The average Bonchev–Trinajstić information content (AvgIpc) is 2.43. The van der Waals surface area contributed by atoms with Crippen LogP contribution in [0.2, 0.25) is 0 Å². The lowest BCUT2D eigenvalue weighted by Crippen LogP contribution is -2.30. The molecule has 6 nitrogen and oxygen atoms in total. The summed E-state index contributed by atoms with van der Waals surface area (Å²) in [5, 5.41) is 11.7. The molecule has 0 bridgehead atoms. The molecule has 1 aromatic carbocycles. The lowest BCUT2D eigenvalue weighted by atomic mass is 10.2. The van der Waals surface area contributed by atoms with Crippen molar-refractivity contribution in [3.8, 4) is 5.75 Å². The summed E-state index contributed by atoms with van der Waals surface area (Å²) in [5.41, 5.74) is 6.84. The summed E-state index contributed by atoms with van der Waals surface area (Å²) in [7, 11) is 1.54. The van der Waals surface area contributed by atoms with Gasteiger partial charge in [0.1, 0.15) is 5.75 Å². The molecule has 0 saturated carbocycles. The van der Waals surface area contributed by atoms with Crippen LogP contribution in [0, 0.1) is 0 Å². The Morgan fingerprint density at radius 1 is 1.45 bits per heavy atom. The number of amides is 1. The van der Waals surface area contributed by atoms with Crippen LogP contribution in [0.3, 0.4) is 0 Å². The lowest BCUT2D eigenvalue weighted by molar-refractivity contribution is -0.116. The first-order valence-electron chi connectivity index (χ1n) is 6.67. The number of carbonyl (C=O) groups is 1. The molecule has 0 atom stereocenters. The van der Waals surface area contributed by atoms with Crippen molar-refractivity contribution in [1.82, 2.24) is 4.90 Å². The molecule has 20 heavy (non-hydrogen) atoms. The number of nitrogens with two attached hydrogens (primary N) is 1. The van der Waals surface area contributed by atoms with Gasteiger partial charge in [-0.1, -0.05) is 6.92 Å². The Morgan fingerprint density at radius 2 is 2.20 bits per heavy atom. The largest absolute Gasteiger partial charge is 0.495 e. The summed E-state index contributed by atoms with van der Waals surface area (Å²) in [6.07, 6.45) is 0.353. The van der Waals surface area contributed by atoms with Crippen LogP contribution in [0.1, 0.15) is 13.3 Å². The minimum absolute atomic E-state index is 0.0957. The van der Waals surface area contributed by atoms with Crippen LogP contribution in [-0.2, 0) is 4.79 Å². The molecule has 1 rings (SSSR count). The minimum Gasteiger partial charge on any atom is -0.495 e. The van der Waals surface area contributed by atoms with E-state index in [1.807, 2.05) is 11.8 Å². The van der Waals surface area contributed by atoms with Crippen LogP contribution in [-0.4, -0.2) is 49.3 Å². The predicted molar refractivity (Wildman–Crippen MR) is 79.9 cm³/mol. The fraction of sp³-hybridized carbons (Fsp3) is 0.500. The number of hydrogen-bond acceptors (Lipinski definition) is 5. The average molecular weight is 281 g/mol. The Labute approximate surface area is 119 Å². The molecule has 0 radical (unpaired) electrons. The molecule has 112 valence electrons. The van der Waals surface area contributed by atoms with Gasteiger partial charge in [0.25, 0.3) is 0 Å². The standard InChI is InChI=1S/C14H23N3O3/c1-3-17(8-9-18)7-6-14(19)16-12-10-11(15)4-5-13(12)20-2/h4-5,10,18H,3,6-9,15H2,1-2H3,(H,16,19). The van der Waals surface area contributed by atoms with Gasteiger partial charge < -0.3 is 25.8 Å². The third kappa shape index (κ3) is 5.07. The molecule has 0 aliphatic heterocycles. The van der Waals surface area contributed by atoms with E-state index in [1.165, 1.54) is 0 Å². The summed E-state index contributed by atoms with van der Waals surface area (Å²) < 4.78 is 5.17. The van der Waals surface area contributed by atoms with Gasteiger partial charge in [-0.25, -0.2) is 0 Å². The Morgan fingerprint density at radius 3 is 2.80 bits per heavy atom. The number of aliphatic hydroxyl groups is 1. The Hall–Kier alpha value is -1.79. The van der Waals surface area contributed by atoms with Gasteiger partial charge in [0.15, 0.2) is 0 Å². The zero-order chi connectivity index (χ0) is 15.0. The highest BCUT2D eigenvalue weighted by molar-refractivity contribution is 5.93. The van der Waals surface area contributed by atoms with Gasteiger partial charge >= 0.3 is 0 Å². The number of hydrogen-bond donors (Lipinski definition) is 3. The molecular weight excluding hydrogens is 258 g/mol. The minimum atomic E-state index is -0.106. The predicted octanol–water partition coefficient (Wildman–Crippen LogP) is 0.920.